The van der Waals surface area contributed by atoms with Gasteiger partial charge in [0.1, 0.15) is 0 Å². The van der Waals surface area contributed by atoms with Crippen LogP contribution >= 0.6 is 11.6 Å². The molecule has 1 N–H and O–H groups in total. The number of benzene rings is 1. The first-order valence-electron chi connectivity index (χ1n) is 7.57. The quantitative estimate of drug-likeness (QED) is 0.824. The third kappa shape index (κ3) is 4.20. The molecular formula is C17H20ClNO5. The van der Waals surface area contributed by atoms with Crippen molar-refractivity contribution in [2.24, 2.45) is 5.92 Å². The van der Waals surface area contributed by atoms with Gasteiger partial charge >= 0.3 is 5.97 Å². The molecule has 1 amide bonds. The molecule has 0 aromatic heterocycles. The smallest absolute Gasteiger partial charge is 0.308 e. The van der Waals surface area contributed by atoms with Crippen molar-refractivity contribution in [2.45, 2.75) is 12.8 Å². The Bertz CT molecular complexity index is 659. The van der Waals surface area contributed by atoms with E-state index in [9.17, 15) is 9.59 Å². The number of rotatable bonds is 5. The maximum atomic E-state index is 12.3. The highest BCUT2D eigenvalue weighted by Gasteiger charge is 2.27. The third-order valence-corrected chi connectivity index (χ3v) is 4.24. The lowest BCUT2D eigenvalue weighted by Gasteiger charge is -2.29. The topological polar surface area (TPSA) is 76.1 Å². The first kappa shape index (κ1) is 18.1. The second kappa shape index (κ2) is 8.06. The summed E-state index contributed by atoms with van der Waals surface area (Å²) in [5.74, 6) is -0.661. The Morgan fingerprint density at radius 1 is 1.33 bits per heavy atom. The van der Waals surface area contributed by atoms with Crippen LogP contribution in [0.1, 0.15) is 18.4 Å². The average molecular weight is 354 g/mol. The molecule has 6 nitrogen and oxygen atoms in total. The summed E-state index contributed by atoms with van der Waals surface area (Å²) in [7, 11) is 3.00. The first-order valence-corrected chi connectivity index (χ1v) is 7.95. The molecule has 1 aromatic rings. The Hall–Kier alpha value is -2.21. The fourth-order valence-corrected chi connectivity index (χ4v) is 2.98. The molecule has 0 bridgehead atoms. The van der Waals surface area contributed by atoms with Crippen molar-refractivity contribution < 1.29 is 24.2 Å². The summed E-state index contributed by atoms with van der Waals surface area (Å²) in [4.78, 5) is 24.9. The van der Waals surface area contributed by atoms with Crippen LogP contribution in [-0.2, 0) is 9.59 Å². The number of amides is 1. The normalized spacial score (nSPS) is 17.8. The van der Waals surface area contributed by atoms with Crippen LogP contribution in [-0.4, -0.2) is 49.2 Å². The molecule has 2 rings (SSSR count). The van der Waals surface area contributed by atoms with E-state index in [1.807, 2.05) is 0 Å². The van der Waals surface area contributed by atoms with Crippen molar-refractivity contribution in [3.05, 3.63) is 28.8 Å². The summed E-state index contributed by atoms with van der Waals surface area (Å²) in [6.07, 6.45) is 4.34. The number of aliphatic carboxylic acids is 1. The van der Waals surface area contributed by atoms with Crippen LogP contribution in [0.4, 0.5) is 0 Å². The van der Waals surface area contributed by atoms with E-state index in [2.05, 4.69) is 0 Å². The Morgan fingerprint density at radius 3 is 2.71 bits per heavy atom. The van der Waals surface area contributed by atoms with Crippen molar-refractivity contribution >= 4 is 29.6 Å². The summed E-state index contributed by atoms with van der Waals surface area (Å²) in [5.41, 5.74) is 0.692. The molecule has 1 aliphatic rings. The molecule has 0 spiro atoms. The monoisotopic (exact) mass is 353 g/mol. The summed E-state index contributed by atoms with van der Waals surface area (Å²) >= 11 is 6.13. The van der Waals surface area contributed by atoms with Gasteiger partial charge in [0, 0.05) is 19.2 Å². The van der Waals surface area contributed by atoms with Crippen molar-refractivity contribution in [2.75, 3.05) is 27.3 Å². The number of piperidine rings is 1. The molecular weight excluding hydrogens is 334 g/mol. The predicted molar refractivity (Wildman–Crippen MR) is 90.5 cm³/mol. The molecule has 7 heteroatoms. The van der Waals surface area contributed by atoms with Gasteiger partial charge in [-0.25, -0.2) is 0 Å². The van der Waals surface area contributed by atoms with Crippen LogP contribution in [0.5, 0.6) is 11.5 Å². The third-order valence-electron chi connectivity index (χ3n) is 3.96. The minimum atomic E-state index is -0.858. The van der Waals surface area contributed by atoms with E-state index in [1.54, 1.807) is 23.1 Å². The zero-order chi connectivity index (χ0) is 17.7. The van der Waals surface area contributed by atoms with Gasteiger partial charge in [-0.2, -0.15) is 0 Å². The number of carboxylic acids is 1. The highest BCUT2D eigenvalue weighted by molar-refractivity contribution is 6.32. The van der Waals surface area contributed by atoms with Crippen LogP contribution in [0.15, 0.2) is 18.2 Å². The second-order valence-corrected chi connectivity index (χ2v) is 5.94. The fourth-order valence-electron chi connectivity index (χ4n) is 2.69. The number of methoxy groups -OCH3 is 2. The summed E-state index contributed by atoms with van der Waals surface area (Å²) in [6, 6.07) is 3.38. The van der Waals surface area contributed by atoms with Gasteiger partial charge in [-0.05, 0) is 36.6 Å². The Labute approximate surface area is 145 Å². The van der Waals surface area contributed by atoms with Gasteiger partial charge in [-0.1, -0.05) is 11.6 Å². The summed E-state index contributed by atoms with van der Waals surface area (Å²) in [6.45, 7) is 0.810. The van der Waals surface area contributed by atoms with Crippen LogP contribution in [0.25, 0.3) is 6.08 Å². The average Bonchev–Trinajstić information content (AvgIpc) is 2.59. The highest BCUT2D eigenvalue weighted by Crippen LogP contribution is 2.36. The molecule has 1 unspecified atom stereocenters. The number of nitrogens with zero attached hydrogens (tertiary/aromatic N) is 1. The standard InChI is InChI=1S/C17H20ClNO5/c1-23-14-9-11(8-13(18)16(14)24-2)5-6-15(20)19-7-3-4-12(10-19)17(21)22/h5-6,8-9,12H,3-4,7,10H2,1-2H3,(H,21,22)/b6-5+. The molecule has 130 valence electrons. The molecule has 1 aliphatic heterocycles. The van der Waals surface area contributed by atoms with Gasteiger partial charge in [0.05, 0.1) is 25.2 Å². The van der Waals surface area contributed by atoms with Crippen molar-refractivity contribution in [1.29, 1.82) is 0 Å². The van der Waals surface area contributed by atoms with E-state index >= 15 is 0 Å². The SMILES string of the molecule is COc1cc(/C=C/C(=O)N2CCCC(C(=O)O)C2)cc(Cl)c1OC. The highest BCUT2D eigenvalue weighted by atomic mass is 35.5. The maximum Gasteiger partial charge on any atom is 0.308 e. The molecule has 0 radical (unpaired) electrons. The largest absolute Gasteiger partial charge is 0.493 e. The molecule has 1 fully saturated rings. The van der Waals surface area contributed by atoms with Gasteiger partial charge in [-0.15, -0.1) is 0 Å². The van der Waals surface area contributed by atoms with Crippen molar-refractivity contribution in [3.8, 4) is 11.5 Å². The number of hydrogen-bond acceptors (Lipinski definition) is 4. The lowest BCUT2D eigenvalue weighted by Crippen LogP contribution is -2.41. The van der Waals surface area contributed by atoms with E-state index < -0.39 is 11.9 Å². The van der Waals surface area contributed by atoms with Gasteiger partial charge in [0.2, 0.25) is 5.91 Å². The lowest BCUT2D eigenvalue weighted by atomic mass is 9.98. The van der Waals surface area contributed by atoms with Crippen molar-refractivity contribution in [1.82, 2.24) is 4.90 Å². The molecule has 1 saturated heterocycles. The van der Waals surface area contributed by atoms with Crippen molar-refractivity contribution in [3.63, 3.8) is 0 Å². The van der Waals surface area contributed by atoms with E-state index in [0.717, 1.165) is 0 Å². The number of likely N-dealkylation sites (tertiary alicyclic amines) is 1. The number of ether oxygens (including phenoxy) is 2. The number of halogens is 1. The van der Waals surface area contributed by atoms with E-state index in [1.165, 1.54) is 20.3 Å². The van der Waals surface area contributed by atoms with Crippen LogP contribution < -0.4 is 9.47 Å². The van der Waals surface area contributed by atoms with Crippen LogP contribution in [0.3, 0.4) is 0 Å². The Balaban J connectivity index is 2.11. The Kier molecular flexibility index (Phi) is 6.09. The zero-order valence-electron chi connectivity index (χ0n) is 13.6. The molecule has 1 atom stereocenters. The van der Waals surface area contributed by atoms with Crippen LogP contribution in [0.2, 0.25) is 5.02 Å². The Morgan fingerprint density at radius 2 is 2.08 bits per heavy atom. The van der Waals surface area contributed by atoms with Crippen LogP contribution in [0, 0.1) is 5.92 Å². The summed E-state index contributed by atoms with van der Waals surface area (Å²) < 4.78 is 10.4. The van der Waals surface area contributed by atoms with Gasteiger partial charge < -0.3 is 19.5 Å². The van der Waals surface area contributed by atoms with Gasteiger partial charge in [-0.3, -0.25) is 9.59 Å². The molecule has 0 aliphatic carbocycles. The fraction of sp³-hybridized carbons (Fsp3) is 0.412. The molecule has 1 heterocycles. The number of carbonyl (C=O) groups is 2. The van der Waals surface area contributed by atoms with Gasteiger partial charge in [0.25, 0.3) is 0 Å². The lowest BCUT2D eigenvalue weighted by molar-refractivity contribution is -0.144. The summed E-state index contributed by atoms with van der Waals surface area (Å²) in [5, 5.41) is 9.47. The second-order valence-electron chi connectivity index (χ2n) is 5.53. The zero-order valence-corrected chi connectivity index (χ0v) is 14.4. The number of carbonyl (C=O) groups excluding carboxylic acids is 1. The van der Waals surface area contributed by atoms with E-state index in [4.69, 9.17) is 26.2 Å². The number of hydrogen-bond donors (Lipinski definition) is 1. The molecule has 0 saturated carbocycles. The predicted octanol–water partition coefficient (Wildman–Crippen LogP) is 2.69. The maximum absolute atomic E-state index is 12.3. The molecule has 1 aromatic carbocycles. The minimum Gasteiger partial charge on any atom is -0.493 e. The van der Waals surface area contributed by atoms with E-state index in [-0.39, 0.29) is 12.5 Å². The van der Waals surface area contributed by atoms with Gasteiger partial charge in [0.15, 0.2) is 11.5 Å². The molecule has 24 heavy (non-hydrogen) atoms. The van der Waals surface area contributed by atoms with E-state index in [0.29, 0.717) is 41.5 Å². The first-order chi connectivity index (χ1) is 11.5. The number of carboxylic acid groups (broad SMARTS) is 1. The minimum absolute atomic E-state index is 0.216.